The van der Waals surface area contributed by atoms with Gasteiger partial charge >= 0.3 is 0 Å². The van der Waals surface area contributed by atoms with Crippen LogP contribution in [0.1, 0.15) is 37.4 Å². The van der Waals surface area contributed by atoms with Gasteiger partial charge in [0.2, 0.25) is 0 Å². The highest BCUT2D eigenvalue weighted by atomic mass is 32.2. The molecule has 0 aromatic heterocycles. The molecule has 0 radical (unpaired) electrons. The van der Waals surface area contributed by atoms with Gasteiger partial charge in [0.15, 0.2) is 0 Å². The Labute approximate surface area is 122 Å². The molecular weight excluding hydrogens is 252 g/mol. The highest BCUT2D eigenvalue weighted by Gasteiger charge is 2.25. The van der Waals surface area contributed by atoms with E-state index in [1.165, 1.54) is 23.3 Å². The second kappa shape index (κ2) is 7.93. The second-order valence-electron chi connectivity index (χ2n) is 5.46. The Hall–Kier alpha value is -0.510. The number of benzene rings is 1. The Balaban J connectivity index is 2.92. The summed E-state index contributed by atoms with van der Waals surface area (Å²) < 4.78 is 0. The van der Waals surface area contributed by atoms with Crippen LogP contribution < -0.4 is 5.73 Å². The topological polar surface area (TPSA) is 29.3 Å². The molecule has 0 aliphatic heterocycles. The van der Waals surface area contributed by atoms with Gasteiger partial charge in [0, 0.05) is 18.1 Å². The van der Waals surface area contributed by atoms with Crippen LogP contribution in [-0.4, -0.2) is 36.0 Å². The maximum absolute atomic E-state index is 6.26. The van der Waals surface area contributed by atoms with E-state index >= 15 is 0 Å². The van der Waals surface area contributed by atoms with E-state index in [4.69, 9.17) is 5.73 Å². The standard InChI is InChI=1S/C16H28N2S/c1-12-8-6-7-9-15(12)16(14(3)17)18(4)13(2)10-11-19-5/h6-9,13-14,16H,10-11,17H2,1-5H3. The molecule has 19 heavy (non-hydrogen) atoms. The average Bonchev–Trinajstić information content (AvgIpc) is 2.38. The fourth-order valence-electron chi connectivity index (χ4n) is 2.56. The van der Waals surface area contributed by atoms with E-state index in [1.807, 2.05) is 11.8 Å². The number of rotatable bonds is 7. The Morgan fingerprint density at radius 1 is 1.26 bits per heavy atom. The van der Waals surface area contributed by atoms with Crippen molar-refractivity contribution in [1.82, 2.24) is 4.90 Å². The molecule has 1 aromatic carbocycles. The molecule has 3 atom stereocenters. The molecule has 1 aromatic rings. The minimum atomic E-state index is 0.128. The van der Waals surface area contributed by atoms with E-state index in [9.17, 15) is 0 Å². The summed E-state index contributed by atoms with van der Waals surface area (Å²) in [6, 6.07) is 9.54. The molecule has 0 aliphatic rings. The number of hydrogen-bond acceptors (Lipinski definition) is 3. The molecular formula is C16H28N2S. The number of hydrogen-bond donors (Lipinski definition) is 1. The van der Waals surface area contributed by atoms with Crippen molar-refractivity contribution in [1.29, 1.82) is 0 Å². The fourth-order valence-corrected chi connectivity index (χ4v) is 3.14. The van der Waals surface area contributed by atoms with Crippen molar-refractivity contribution in [3.63, 3.8) is 0 Å². The van der Waals surface area contributed by atoms with Crippen LogP contribution in [0.25, 0.3) is 0 Å². The molecule has 3 unspecified atom stereocenters. The Bertz CT molecular complexity index is 379. The summed E-state index contributed by atoms with van der Waals surface area (Å²) in [4.78, 5) is 2.43. The van der Waals surface area contributed by atoms with E-state index in [0.717, 1.165) is 0 Å². The normalized spacial score (nSPS) is 16.4. The molecule has 0 saturated heterocycles. The zero-order valence-corrected chi connectivity index (χ0v) is 13.7. The number of nitrogens with zero attached hydrogens (tertiary/aromatic N) is 1. The number of thioether (sulfide) groups is 1. The van der Waals surface area contributed by atoms with Crippen LogP contribution >= 0.6 is 11.8 Å². The SMILES string of the molecule is CSCCC(C)N(C)C(c1ccccc1C)C(C)N. The summed E-state index contributed by atoms with van der Waals surface area (Å²) in [7, 11) is 2.20. The Morgan fingerprint density at radius 3 is 2.42 bits per heavy atom. The molecule has 0 bridgehead atoms. The third-order valence-corrected chi connectivity index (χ3v) is 4.52. The third-order valence-electron chi connectivity index (χ3n) is 3.88. The number of nitrogens with two attached hydrogens (primary N) is 1. The van der Waals surface area contributed by atoms with Gasteiger partial charge in [0.25, 0.3) is 0 Å². The van der Waals surface area contributed by atoms with Gasteiger partial charge in [0.1, 0.15) is 0 Å². The summed E-state index contributed by atoms with van der Waals surface area (Å²) in [6.45, 7) is 6.57. The summed E-state index contributed by atoms with van der Waals surface area (Å²) in [5, 5.41) is 0. The predicted molar refractivity (Wildman–Crippen MR) is 87.8 cm³/mol. The first-order valence-electron chi connectivity index (χ1n) is 7.01. The quantitative estimate of drug-likeness (QED) is 0.829. The summed E-state index contributed by atoms with van der Waals surface area (Å²) in [5.41, 5.74) is 8.94. The molecule has 2 N–H and O–H groups in total. The number of likely N-dealkylation sites (N-methyl/N-ethyl adjacent to an activating group) is 1. The van der Waals surface area contributed by atoms with E-state index in [-0.39, 0.29) is 12.1 Å². The van der Waals surface area contributed by atoms with Gasteiger partial charge in [-0.15, -0.1) is 0 Å². The number of aryl methyl sites for hydroxylation is 1. The van der Waals surface area contributed by atoms with Crippen LogP contribution in [0.4, 0.5) is 0 Å². The van der Waals surface area contributed by atoms with Crippen LogP contribution in [0.15, 0.2) is 24.3 Å². The first-order valence-corrected chi connectivity index (χ1v) is 8.40. The Morgan fingerprint density at radius 2 is 1.89 bits per heavy atom. The minimum absolute atomic E-state index is 0.128. The van der Waals surface area contributed by atoms with Crippen molar-refractivity contribution in [2.75, 3.05) is 19.1 Å². The van der Waals surface area contributed by atoms with E-state index in [2.05, 4.69) is 63.2 Å². The zero-order valence-electron chi connectivity index (χ0n) is 12.9. The zero-order chi connectivity index (χ0) is 14.4. The predicted octanol–water partition coefficient (Wildman–Crippen LogP) is 3.46. The summed E-state index contributed by atoms with van der Waals surface area (Å²) in [5.74, 6) is 1.20. The van der Waals surface area contributed by atoms with Gasteiger partial charge in [0.05, 0.1) is 0 Å². The molecule has 1 rings (SSSR count). The lowest BCUT2D eigenvalue weighted by Gasteiger charge is -2.36. The van der Waals surface area contributed by atoms with E-state index < -0.39 is 0 Å². The van der Waals surface area contributed by atoms with Crippen LogP contribution in [0, 0.1) is 6.92 Å². The molecule has 0 aliphatic carbocycles. The van der Waals surface area contributed by atoms with Crippen molar-refractivity contribution < 1.29 is 0 Å². The maximum Gasteiger partial charge on any atom is 0.0498 e. The van der Waals surface area contributed by atoms with Gasteiger partial charge in [-0.25, -0.2) is 0 Å². The molecule has 3 heteroatoms. The van der Waals surface area contributed by atoms with Gasteiger partial charge in [-0.05, 0) is 57.4 Å². The fraction of sp³-hybridized carbons (Fsp3) is 0.625. The maximum atomic E-state index is 6.26. The van der Waals surface area contributed by atoms with Crippen molar-refractivity contribution >= 4 is 11.8 Å². The van der Waals surface area contributed by atoms with Gasteiger partial charge in [-0.1, -0.05) is 24.3 Å². The smallest absolute Gasteiger partial charge is 0.0498 e. The van der Waals surface area contributed by atoms with Gasteiger partial charge < -0.3 is 5.73 Å². The van der Waals surface area contributed by atoms with Crippen LogP contribution in [-0.2, 0) is 0 Å². The van der Waals surface area contributed by atoms with Crippen LogP contribution in [0.2, 0.25) is 0 Å². The van der Waals surface area contributed by atoms with Crippen molar-refractivity contribution in [3.8, 4) is 0 Å². The van der Waals surface area contributed by atoms with Crippen molar-refractivity contribution in [2.24, 2.45) is 5.73 Å². The first-order chi connectivity index (χ1) is 8.99. The molecule has 0 saturated carbocycles. The average molecular weight is 280 g/mol. The minimum Gasteiger partial charge on any atom is -0.326 e. The van der Waals surface area contributed by atoms with Gasteiger partial charge in [-0.2, -0.15) is 11.8 Å². The van der Waals surface area contributed by atoms with Crippen LogP contribution in [0.3, 0.4) is 0 Å². The molecule has 0 heterocycles. The summed E-state index contributed by atoms with van der Waals surface area (Å²) in [6.07, 6.45) is 3.36. The molecule has 2 nitrogen and oxygen atoms in total. The van der Waals surface area contributed by atoms with E-state index in [1.54, 1.807) is 0 Å². The van der Waals surface area contributed by atoms with Crippen LogP contribution in [0.5, 0.6) is 0 Å². The van der Waals surface area contributed by atoms with Crippen molar-refractivity contribution in [2.45, 2.75) is 45.3 Å². The lowest BCUT2D eigenvalue weighted by molar-refractivity contribution is 0.161. The summed E-state index contributed by atoms with van der Waals surface area (Å²) >= 11 is 1.91. The van der Waals surface area contributed by atoms with E-state index in [0.29, 0.717) is 6.04 Å². The molecule has 0 spiro atoms. The lowest BCUT2D eigenvalue weighted by atomic mass is 9.94. The monoisotopic (exact) mass is 280 g/mol. The highest BCUT2D eigenvalue weighted by molar-refractivity contribution is 7.98. The molecule has 0 amide bonds. The largest absolute Gasteiger partial charge is 0.326 e. The van der Waals surface area contributed by atoms with Crippen molar-refractivity contribution in [3.05, 3.63) is 35.4 Å². The molecule has 0 fully saturated rings. The lowest BCUT2D eigenvalue weighted by Crippen LogP contribution is -2.42. The third kappa shape index (κ3) is 4.51. The Kier molecular flexibility index (Phi) is 6.90. The highest BCUT2D eigenvalue weighted by Crippen LogP contribution is 2.27. The molecule has 108 valence electrons. The second-order valence-corrected chi connectivity index (χ2v) is 6.44. The van der Waals surface area contributed by atoms with Gasteiger partial charge in [-0.3, -0.25) is 4.90 Å². The first kappa shape index (κ1) is 16.5.